The lowest BCUT2D eigenvalue weighted by molar-refractivity contribution is 0.229. The van der Waals surface area contributed by atoms with Crippen molar-refractivity contribution < 1.29 is 0 Å². The summed E-state index contributed by atoms with van der Waals surface area (Å²) in [5.41, 5.74) is 0. The molecule has 1 rings (SSSR count). The zero-order chi connectivity index (χ0) is 8.10. The maximum absolute atomic E-state index is 5.21. The van der Waals surface area contributed by atoms with Crippen LogP contribution in [0.25, 0.3) is 0 Å². The standard InChI is InChI=1S/C10H17N/c1-3-4-8-10(11-2)9-6-5-7-9/h1,9-11H,4-8H2,2H3. The SMILES string of the molecule is C#CCCC(NC)C1CCC1. The van der Waals surface area contributed by atoms with Gasteiger partial charge in [0.15, 0.2) is 0 Å². The van der Waals surface area contributed by atoms with Crippen molar-refractivity contribution in [3.63, 3.8) is 0 Å². The summed E-state index contributed by atoms with van der Waals surface area (Å²) < 4.78 is 0. The van der Waals surface area contributed by atoms with Crippen LogP contribution in [0.5, 0.6) is 0 Å². The summed E-state index contributed by atoms with van der Waals surface area (Å²) in [4.78, 5) is 0. The Morgan fingerprint density at radius 1 is 1.64 bits per heavy atom. The third-order valence-electron chi connectivity index (χ3n) is 2.69. The van der Waals surface area contributed by atoms with E-state index in [9.17, 15) is 0 Å². The predicted octanol–water partition coefficient (Wildman–Crippen LogP) is 1.79. The van der Waals surface area contributed by atoms with Gasteiger partial charge in [-0.05, 0) is 32.2 Å². The zero-order valence-corrected chi connectivity index (χ0v) is 7.27. The van der Waals surface area contributed by atoms with Crippen LogP contribution in [0.15, 0.2) is 0 Å². The number of terminal acetylenes is 1. The van der Waals surface area contributed by atoms with Gasteiger partial charge in [0, 0.05) is 12.5 Å². The molecule has 0 saturated heterocycles. The smallest absolute Gasteiger partial charge is 0.0101 e. The van der Waals surface area contributed by atoms with Crippen molar-refractivity contribution >= 4 is 0 Å². The van der Waals surface area contributed by atoms with Crippen LogP contribution >= 0.6 is 0 Å². The molecule has 1 aliphatic rings. The normalized spacial score (nSPS) is 20.4. The van der Waals surface area contributed by atoms with Gasteiger partial charge in [-0.25, -0.2) is 0 Å². The molecule has 0 radical (unpaired) electrons. The fourth-order valence-electron chi connectivity index (χ4n) is 1.70. The second-order valence-corrected chi connectivity index (χ2v) is 3.33. The van der Waals surface area contributed by atoms with Crippen molar-refractivity contribution in [3.05, 3.63) is 0 Å². The molecule has 1 fully saturated rings. The van der Waals surface area contributed by atoms with Gasteiger partial charge >= 0.3 is 0 Å². The molecule has 11 heavy (non-hydrogen) atoms. The Bertz CT molecular complexity index is 141. The highest BCUT2D eigenvalue weighted by Gasteiger charge is 2.24. The number of rotatable bonds is 4. The minimum absolute atomic E-state index is 0.680. The first-order valence-corrected chi connectivity index (χ1v) is 4.49. The minimum Gasteiger partial charge on any atom is -0.317 e. The van der Waals surface area contributed by atoms with Crippen LogP contribution in [0.2, 0.25) is 0 Å². The Kier molecular flexibility index (Phi) is 3.45. The molecule has 0 bridgehead atoms. The zero-order valence-electron chi connectivity index (χ0n) is 7.27. The van der Waals surface area contributed by atoms with Gasteiger partial charge in [-0.3, -0.25) is 0 Å². The quantitative estimate of drug-likeness (QED) is 0.604. The fraction of sp³-hybridized carbons (Fsp3) is 0.800. The molecular weight excluding hydrogens is 134 g/mol. The topological polar surface area (TPSA) is 12.0 Å². The summed E-state index contributed by atoms with van der Waals surface area (Å²) in [6.45, 7) is 0. The monoisotopic (exact) mass is 151 g/mol. The lowest BCUT2D eigenvalue weighted by atomic mass is 9.78. The lowest BCUT2D eigenvalue weighted by Crippen LogP contribution is -2.37. The summed E-state index contributed by atoms with van der Waals surface area (Å²) in [7, 11) is 2.04. The second kappa shape index (κ2) is 4.41. The molecule has 1 unspecified atom stereocenters. The van der Waals surface area contributed by atoms with Gasteiger partial charge in [0.05, 0.1) is 0 Å². The van der Waals surface area contributed by atoms with E-state index >= 15 is 0 Å². The molecule has 0 aromatic carbocycles. The Morgan fingerprint density at radius 3 is 2.73 bits per heavy atom. The van der Waals surface area contributed by atoms with Gasteiger partial charge in [0.25, 0.3) is 0 Å². The van der Waals surface area contributed by atoms with E-state index in [-0.39, 0.29) is 0 Å². The highest BCUT2D eigenvalue weighted by atomic mass is 14.9. The molecule has 1 saturated carbocycles. The number of hydrogen-bond acceptors (Lipinski definition) is 1. The molecule has 0 heterocycles. The second-order valence-electron chi connectivity index (χ2n) is 3.33. The average molecular weight is 151 g/mol. The van der Waals surface area contributed by atoms with Crippen LogP contribution in [0, 0.1) is 18.3 Å². The van der Waals surface area contributed by atoms with Crippen LogP contribution in [0.3, 0.4) is 0 Å². The molecule has 0 aromatic heterocycles. The number of nitrogens with one attached hydrogen (secondary N) is 1. The van der Waals surface area contributed by atoms with Gasteiger partial charge < -0.3 is 5.32 Å². The molecule has 62 valence electrons. The van der Waals surface area contributed by atoms with Gasteiger partial charge in [0.2, 0.25) is 0 Å². The first kappa shape index (κ1) is 8.62. The molecule has 0 spiro atoms. The molecule has 1 nitrogen and oxygen atoms in total. The Labute approximate surface area is 69.6 Å². The van der Waals surface area contributed by atoms with E-state index in [0.717, 1.165) is 18.8 Å². The van der Waals surface area contributed by atoms with E-state index in [1.54, 1.807) is 0 Å². The summed E-state index contributed by atoms with van der Waals surface area (Å²) in [5, 5.41) is 3.34. The Balaban J connectivity index is 2.19. The lowest BCUT2D eigenvalue weighted by Gasteiger charge is -2.33. The van der Waals surface area contributed by atoms with Gasteiger partial charge in [-0.2, -0.15) is 0 Å². The molecular formula is C10H17N. The van der Waals surface area contributed by atoms with E-state index in [4.69, 9.17) is 6.42 Å². The van der Waals surface area contributed by atoms with Gasteiger partial charge in [-0.15, -0.1) is 12.3 Å². The highest BCUT2D eigenvalue weighted by molar-refractivity contribution is 4.89. The van der Waals surface area contributed by atoms with E-state index in [1.807, 2.05) is 7.05 Å². The number of hydrogen-bond donors (Lipinski definition) is 1. The van der Waals surface area contributed by atoms with E-state index in [1.165, 1.54) is 19.3 Å². The third kappa shape index (κ3) is 2.24. The molecule has 0 aromatic rings. The van der Waals surface area contributed by atoms with Crippen molar-refractivity contribution in [1.82, 2.24) is 5.32 Å². The highest BCUT2D eigenvalue weighted by Crippen LogP contribution is 2.30. The maximum atomic E-state index is 5.21. The fourth-order valence-corrected chi connectivity index (χ4v) is 1.70. The van der Waals surface area contributed by atoms with E-state index in [2.05, 4.69) is 11.2 Å². The predicted molar refractivity (Wildman–Crippen MR) is 48.3 cm³/mol. The summed E-state index contributed by atoms with van der Waals surface area (Å²) in [6, 6.07) is 0.680. The van der Waals surface area contributed by atoms with Crippen LogP contribution in [0.1, 0.15) is 32.1 Å². The van der Waals surface area contributed by atoms with Crippen molar-refractivity contribution in [3.8, 4) is 12.3 Å². The summed E-state index contributed by atoms with van der Waals surface area (Å²) >= 11 is 0. The Hall–Kier alpha value is -0.480. The third-order valence-corrected chi connectivity index (χ3v) is 2.69. The molecule has 1 aliphatic carbocycles. The van der Waals surface area contributed by atoms with Crippen molar-refractivity contribution in [1.29, 1.82) is 0 Å². The Morgan fingerprint density at radius 2 is 2.36 bits per heavy atom. The summed E-state index contributed by atoms with van der Waals surface area (Å²) in [6.07, 6.45) is 11.5. The largest absolute Gasteiger partial charge is 0.317 e. The van der Waals surface area contributed by atoms with Crippen LogP contribution in [0.4, 0.5) is 0 Å². The molecule has 1 heteroatoms. The molecule has 1 N–H and O–H groups in total. The van der Waals surface area contributed by atoms with Crippen molar-refractivity contribution in [2.75, 3.05) is 7.05 Å². The van der Waals surface area contributed by atoms with Crippen LogP contribution in [-0.2, 0) is 0 Å². The van der Waals surface area contributed by atoms with Crippen LogP contribution < -0.4 is 5.32 Å². The van der Waals surface area contributed by atoms with E-state index in [0.29, 0.717) is 6.04 Å². The molecule has 1 atom stereocenters. The molecule has 0 aliphatic heterocycles. The first-order valence-electron chi connectivity index (χ1n) is 4.49. The summed E-state index contributed by atoms with van der Waals surface area (Å²) in [5.74, 6) is 3.61. The van der Waals surface area contributed by atoms with Crippen molar-refractivity contribution in [2.45, 2.75) is 38.1 Å². The van der Waals surface area contributed by atoms with Crippen molar-refractivity contribution in [2.24, 2.45) is 5.92 Å². The van der Waals surface area contributed by atoms with E-state index < -0.39 is 0 Å². The average Bonchev–Trinajstić information content (AvgIpc) is 1.93. The first-order chi connectivity index (χ1) is 5.38. The van der Waals surface area contributed by atoms with Gasteiger partial charge in [0.1, 0.15) is 0 Å². The van der Waals surface area contributed by atoms with Gasteiger partial charge in [-0.1, -0.05) is 6.42 Å². The molecule has 0 amide bonds. The van der Waals surface area contributed by atoms with Crippen LogP contribution in [-0.4, -0.2) is 13.1 Å². The minimum atomic E-state index is 0.680. The maximum Gasteiger partial charge on any atom is 0.0101 e.